The fraction of sp³-hybridized carbons (Fsp3) is 0.227. The number of aryl methyl sites for hydroxylation is 1. The van der Waals surface area contributed by atoms with Crippen LogP contribution in [0.4, 0.5) is 0 Å². The number of pyridine rings is 1. The van der Waals surface area contributed by atoms with Gasteiger partial charge < -0.3 is 10.4 Å². The van der Waals surface area contributed by atoms with Gasteiger partial charge in [0.15, 0.2) is 0 Å². The molecule has 28 heavy (non-hydrogen) atoms. The molecule has 0 fully saturated rings. The first-order valence-corrected chi connectivity index (χ1v) is 10.3. The third kappa shape index (κ3) is 5.56. The molecule has 0 aliphatic heterocycles. The van der Waals surface area contributed by atoms with Crippen molar-refractivity contribution in [2.45, 2.75) is 30.4 Å². The van der Waals surface area contributed by atoms with Crippen molar-refractivity contribution in [3.05, 3.63) is 95.8 Å². The molecule has 146 valence electrons. The topological polar surface area (TPSA) is 74.2 Å². The van der Waals surface area contributed by atoms with Crippen LogP contribution in [-0.4, -0.2) is 26.9 Å². The minimum Gasteiger partial charge on any atom is -0.395 e. The summed E-state index contributed by atoms with van der Waals surface area (Å²) < 4.78 is 16.1. The lowest BCUT2D eigenvalue weighted by Gasteiger charge is -2.27. The van der Waals surface area contributed by atoms with E-state index < -0.39 is 11.0 Å². The van der Waals surface area contributed by atoms with Crippen molar-refractivity contribution in [2.24, 2.45) is 0 Å². The van der Waals surface area contributed by atoms with E-state index in [2.05, 4.69) is 15.0 Å². The van der Waals surface area contributed by atoms with Crippen molar-refractivity contribution in [1.29, 1.82) is 0 Å². The molecule has 1 unspecified atom stereocenters. The zero-order chi connectivity index (χ0) is 19.8. The van der Waals surface area contributed by atoms with Crippen LogP contribution >= 0.6 is 0 Å². The van der Waals surface area contributed by atoms with Gasteiger partial charge in [0.2, 0.25) is 0 Å². The SMILES string of the molecule is Cc1ccc(S(=O)N[C@H](c2cccnc2)[C@@H](CO)NCc2ccccc2)cc1. The van der Waals surface area contributed by atoms with Gasteiger partial charge in [0.1, 0.15) is 11.0 Å². The average molecular weight is 396 g/mol. The van der Waals surface area contributed by atoms with Crippen LogP contribution in [0.15, 0.2) is 84.0 Å². The second-order valence-electron chi connectivity index (χ2n) is 6.62. The van der Waals surface area contributed by atoms with E-state index in [9.17, 15) is 9.32 Å². The number of benzene rings is 2. The van der Waals surface area contributed by atoms with E-state index in [-0.39, 0.29) is 18.7 Å². The van der Waals surface area contributed by atoms with Crippen molar-refractivity contribution in [3.63, 3.8) is 0 Å². The molecule has 2 aromatic carbocycles. The highest BCUT2D eigenvalue weighted by Gasteiger charge is 2.25. The van der Waals surface area contributed by atoms with E-state index in [1.165, 1.54) is 0 Å². The number of aliphatic hydroxyl groups is 1. The fourth-order valence-electron chi connectivity index (χ4n) is 2.92. The lowest BCUT2D eigenvalue weighted by atomic mass is 10.0. The Morgan fingerprint density at radius 2 is 1.79 bits per heavy atom. The molecule has 0 spiro atoms. The molecule has 3 rings (SSSR count). The summed E-state index contributed by atoms with van der Waals surface area (Å²) in [5.74, 6) is 0. The highest BCUT2D eigenvalue weighted by atomic mass is 32.2. The summed E-state index contributed by atoms with van der Waals surface area (Å²) in [6, 6.07) is 20.6. The predicted octanol–water partition coefficient (Wildman–Crippen LogP) is 2.89. The molecule has 0 bridgehead atoms. The molecule has 0 saturated heterocycles. The first-order chi connectivity index (χ1) is 13.7. The number of nitrogens with zero attached hydrogens (tertiary/aromatic N) is 1. The third-order valence-electron chi connectivity index (χ3n) is 4.52. The normalized spacial score (nSPS) is 14.4. The number of aliphatic hydroxyl groups excluding tert-OH is 1. The summed E-state index contributed by atoms with van der Waals surface area (Å²) in [6.07, 6.45) is 3.43. The number of hydrogen-bond acceptors (Lipinski definition) is 4. The van der Waals surface area contributed by atoms with Crippen molar-refractivity contribution in [2.75, 3.05) is 6.61 Å². The Morgan fingerprint density at radius 3 is 2.43 bits per heavy atom. The molecule has 3 aromatic rings. The highest BCUT2D eigenvalue weighted by molar-refractivity contribution is 7.83. The van der Waals surface area contributed by atoms with Crippen LogP contribution in [0.1, 0.15) is 22.7 Å². The summed E-state index contributed by atoms with van der Waals surface area (Å²) in [7, 11) is -1.42. The van der Waals surface area contributed by atoms with Gasteiger partial charge in [0.05, 0.1) is 23.6 Å². The maximum atomic E-state index is 12.9. The van der Waals surface area contributed by atoms with Crippen LogP contribution in [0.5, 0.6) is 0 Å². The Morgan fingerprint density at radius 1 is 1.04 bits per heavy atom. The third-order valence-corrected chi connectivity index (χ3v) is 5.69. The molecule has 3 N–H and O–H groups in total. The van der Waals surface area contributed by atoms with E-state index >= 15 is 0 Å². The van der Waals surface area contributed by atoms with Gasteiger partial charge in [-0.05, 0) is 36.2 Å². The Labute approximate surface area is 168 Å². The number of rotatable bonds is 9. The first-order valence-electron chi connectivity index (χ1n) is 9.20. The lowest BCUT2D eigenvalue weighted by Crippen LogP contribution is -2.44. The standard InChI is InChI=1S/C22H25N3O2S/c1-17-9-11-20(12-10-17)28(27)25-22(19-8-5-13-23-15-19)21(16-26)24-14-18-6-3-2-4-7-18/h2-13,15,21-22,24-26H,14,16H2,1H3/t21-,22-,28?/m1/s1. The lowest BCUT2D eigenvalue weighted by molar-refractivity contribution is 0.218. The number of hydrogen-bond donors (Lipinski definition) is 3. The van der Waals surface area contributed by atoms with Gasteiger partial charge in [-0.25, -0.2) is 8.93 Å². The number of nitrogens with one attached hydrogen (secondary N) is 2. The van der Waals surface area contributed by atoms with Crippen molar-refractivity contribution < 1.29 is 9.32 Å². The maximum Gasteiger partial charge on any atom is 0.125 e. The predicted molar refractivity (Wildman–Crippen MR) is 112 cm³/mol. The Hall–Kier alpha value is -2.38. The molecule has 1 heterocycles. The van der Waals surface area contributed by atoms with Gasteiger partial charge in [-0.3, -0.25) is 4.98 Å². The molecule has 0 saturated carbocycles. The largest absolute Gasteiger partial charge is 0.395 e. The monoisotopic (exact) mass is 395 g/mol. The quantitative estimate of drug-likeness (QED) is 0.521. The van der Waals surface area contributed by atoms with E-state index in [1.54, 1.807) is 12.4 Å². The van der Waals surface area contributed by atoms with E-state index in [4.69, 9.17) is 0 Å². The Balaban J connectivity index is 1.79. The van der Waals surface area contributed by atoms with Crippen LogP contribution in [0.25, 0.3) is 0 Å². The van der Waals surface area contributed by atoms with Crippen LogP contribution in [0, 0.1) is 6.92 Å². The average Bonchev–Trinajstić information content (AvgIpc) is 2.75. The van der Waals surface area contributed by atoms with Gasteiger partial charge in [0.25, 0.3) is 0 Å². The molecule has 0 aliphatic rings. The van der Waals surface area contributed by atoms with Gasteiger partial charge in [-0.2, -0.15) is 0 Å². The zero-order valence-corrected chi connectivity index (χ0v) is 16.6. The van der Waals surface area contributed by atoms with Gasteiger partial charge in [-0.15, -0.1) is 0 Å². The molecule has 3 atom stereocenters. The van der Waals surface area contributed by atoms with E-state index in [0.29, 0.717) is 11.4 Å². The van der Waals surface area contributed by atoms with Gasteiger partial charge in [0, 0.05) is 18.9 Å². The maximum absolute atomic E-state index is 12.9. The van der Waals surface area contributed by atoms with E-state index in [1.807, 2.05) is 73.7 Å². The highest BCUT2D eigenvalue weighted by Crippen LogP contribution is 2.19. The minimum absolute atomic E-state index is 0.107. The summed E-state index contributed by atoms with van der Waals surface area (Å²) in [5.41, 5.74) is 3.09. The van der Waals surface area contributed by atoms with E-state index in [0.717, 1.165) is 16.7 Å². The zero-order valence-electron chi connectivity index (χ0n) is 15.8. The van der Waals surface area contributed by atoms with Gasteiger partial charge >= 0.3 is 0 Å². The summed E-state index contributed by atoms with van der Waals surface area (Å²) in [4.78, 5) is 4.88. The summed E-state index contributed by atoms with van der Waals surface area (Å²) in [5, 5.41) is 13.4. The molecule has 0 radical (unpaired) electrons. The number of aromatic nitrogens is 1. The molecule has 1 aromatic heterocycles. The van der Waals surface area contributed by atoms with Crippen LogP contribution in [-0.2, 0) is 17.5 Å². The van der Waals surface area contributed by atoms with Crippen LogP contribution in [0.2, 0.25) is 0 Å². The smallest absolute Gasteiger partial charge is 0.125 e. The molecule has 0 amide bonds. The van der Waals surface area contributed by atoms with Crippen LogP contribution in [0.3, 0.4) is 0 Å². The summed E-state index contributed by atoms with van der Waals surface area (Å²) >= 11 is 0. The first kappa shape index (κ1) is 20.4. The molecular weight excluding hydrogens is 370 g/mol. The Bertz CT molecular complexity index is 873. The Kier molecular flexibility index (Phi) is 7.45. The van der Waals surface area contributed by atoms with Crippen LogP contribution < -0.4 is 10.0 Å². The summed E-state index contributed by atoms with van der Waals surface area (Å²) in [6.45, 7) is 2.49. The second kappa shape index (κ2) is 10.2. The molecule has 5 nitrogen and oxygen atoms in total. The molecule has 6 heteroatoms. The minimum atomic E-state index is -1.42. The fourth-order valence-corrected chi connectivity index (χ4v) is 3.97. The second-order valence-corrected chi connectivity index (χ2v) is 7.86. The van der Waals surface area contributed by atoms with Crippen molar-refractivity contribution in [1.82, 2.24) is 15.0 Å². The van der Waals surface area contributed by atoms with Crippen molar-refractivity contribution >= 4 is 11.0 Å². The molecular formula is C22H25N3O2S. The van der Waals surface area contributed by atoms with Gasteiger partial charge in [-0.1, -0.05) is 54.1 Å². The van der Waals surface area contributed by atoms with Crippen molar-refractivity contribution in [3.8, 4) is 0 Å². The molecule has 0 aliphatic carbocycles.